The molecular formula is C13H12N4O2S2. The SMILES string of the molecule is Cc1nn(-c2ccccc2)cc1S(=O)(=O)Nc1nccs1. The Balaban J connectivity index is 1.98. The number of aryl methyl sites for hydroxylation is 1. The summed E-state index contributed by atoms with van der Waals surface area (Å²) in [7, 11) is -3.69. The van der Waals surface area contributed by atoms with Crippen molar-refractivity contribution < 1.29 is 8.42 Å². The predicted molar refractivity (Wildman–Crippen MR) is 81.2 cm³/mol. The number of nitrogens with one attached hydrogen (secondary N) is 1. The van der Waals surface area contributed by atoms with Gasteiger partial charge in [-0.05, 0) is 19.1 Å². The molecule has 2 heterocycles. The quantitative estimate of drug-likeness (QED) is 0.801. The fraction of sp³-hybridized carbons (Fsp3) is 0.0769. The van der Waals surface area contributed by atoms with Gasteiger partial charge in [-0.1, -0.05) is 18.2 Å². The lowest BCUT2D eigenvalue weighted by Crippen LogP contribution is -2.13. The van der Waals surface area contributed by atoms with Crippen molar-refractivity contribution in [2.24, 2.45) is 0 Å². The molecule has 0 aliphatic rings. The third-order valence-corrected chi connectivity index (χ3v) is 5.08. The first-order valence-corrected chi connectivity index (χ1v) is 8.46. The summed E-state index contributed by atoms with van der Waals surface area (Å²) in [6, 6.07) is 9.35. The van der Waals surface area contributed by atoms with Crippen LogP contribution in [0, 0.1) is 6.92 Å². The van der Waals surface area contributed by atoms with Gasteiger partial charge in [0.1, 0.15) is 4.90 Å². The number of sulfonamides is 1. The van der Waals surface area contributed by atoms with E-state index in [1.165, 1.54) is 17.5 Å². The van der Waals surface area contributed by atoms with E-state index in [0.29, 0.717) is 10.8 Å². The molecule has 8 heteroatoms. The molecule has 0 spiro atoms. The summed E-state index contributed by atoms with van der Waals surface area (Å²) < 4.78 is 28.7. The van der Waals surface area contributed by atoms with Crippen molar-refractivity contribution in [2.75, 3.05) is 4.72 Å². The number of thiazole rings is 1. The lowest BCUT2D eigenvalue weighted by Gasteiger charge is -2.02. The molecular weight excluding hydrogens is 308 g/mol. The van der Waals surface area contributed by atoms with Crippen LogP contribution in [-0.4, -0.2) is 23.2 Å². The fourth-order valence-electron chi connectivity index (χ4n) is 1.86. The largest absolute Gasteiger partial charge is 0.267 e. The van der Waals surface area contributed by atoms with Gasteiger partial charge in [-0.25, -0.2) is 18.1 Å². The normalized spacial score (nSPS) is 11.5. The Morgan fingerprint density at radius 3 is 2.67 bits per heavy atom. The molecule has 0 radical (unpaired) electrons. The molecule has 0 fully saturated rings. The van der Waals surface area contributed by atoms with E-state index in [2.05, 4.69) is 14.8 Å². The zero-order valence-corrected chi connectivity index (χ0v) is 12.7. The maximum atomic E-state index is 12.4. The van der Waals surface area contributed by atoms with Crippen LogP contribution in [0.1, 0.15) is 5.69 Å². The average Bonchev–Trinajstić information content (AvgIpc) is 3.09. The Morgan fingerprint density at radius 1 is 1.24 bits per heavy atom. The maximum Gasteiger partial charge on any atom is 0.267 e. The number of para-hydroxylation sites is 1. The molecule has 1 aromatic carbocycles. The minimum absolute atomic E-state index is 0.140. The van der Waals surface area contributed by atoms with Gasteiger partial charge in [-0.3, -0.25) is 4.72 Å². The molecule has 0 bridgehead atoms. The van der Waals surface area contributed by atoms with Crippen molar-refractivity contribution in [3.8, 4) is 5.69 Å². The molecule has 0 aliphatic carbocycles. The molecule has 21 heavy (non-hydrogen) atoms. The second kappa shape index (κ2) is 5.30. The number of benzene rings is 1. The summed E-state index contributed by atoms with van der Waals surface area (Å²) in [5.74, 6) is 0. The summed E-state index contributed by atoms with van der Waals surface area (Å²) in [5.41, 5.74) is 1.24. The van der Waals surface area contributed by atoms with E-state index >= 15 is 0 Å². The van der Waals surface area contributed by atoms with Crippen LogP contribution < -0.4 is 4.72 Å². The van der Waals surface area contributed by atoms with E-state index < -0.39 is 10.0 Å². The Hall–Kier alpha value is -2.19. The summed E-state index contributed by atoms with van der Waals surface area (Å²) in [5, 5.41) is 6.30. The van der Waals surface area contributed by atoms with Crippen molar-refractivity contribution >= 4 is 26.5 Å². The van der Waals surface area contributed by atoms with E-state index in [9.17, 15) is 8.42 Å². The standard InChI is InChI=1S/C13H12N4O2S2/c1-10-12(21(18,19)16-13-14-7-8-20-13)9-17(15-10)11-5-3-2-4-6-11/h2-9H,1H3,(H,14,16). The van der Waals surface area contributed by atoms with Crippen LogP contribution in [-0.2, 0) is 10.0 Å². The average molecular weight is 320 g/mol. The van der Waals surface area contributed by atoms with Gasteiger partial charge in [-0.2, -0.15) is 5.10 Å². The number of anilines is 1. The fourth-order valence-corrected chi connectivity index (χ4v) is 3.82. The van der Waals surface area contributed by atoms with Crippen LogP contribution in [0.15, 0.2) is 53.0 Å². The molecule has 3 aromatic rings. The zero-order chi connectivity index (χ0) is 14.9. The highest BCUT2D eigenvalue weighted by Crippen LogP contribution is 2.21. The van der Waals surface area contributed by atoms with Gasteiger partial charge in [0.2, 0.25) is 0 Å². The van der Waals surface area contributed by atoms with Crippen LogP contribution >= 0.6 is 11.3 Å². The van der Waals surface area contributed by atoms with Crippen LogP contribution in [0.4, 0.5) is 5.13 Å². The third-order valence-electron chi connectivity index (χ3n) is 2.82. The van der Waals surface area contributed by atoms with Crippen LogP contribution in [0.3, 0.4) is 0 Å². The number of rotatable bonds is 4. The molecule has 108 valence electrons. The second-order valence-electron chi connectivity index (χ2n) is 4.30. The molecule has 2 aromatic heterocycles. The zero-order valence-electron chi connectivity index (χ0n) is 11.1. The molecule has 0 amide bonds. The molecule has 0 atom stereocenters. The first-order chi connectivity index (χ1) is 10.1. The van der Waals surface area contributed by atoms with E-state index in [-0.39, 0.29) is 4.90 Å². The summed E-state index contributed by atoms with van der Waals surface area (Å²) in [6.45, 7) is 1.66. The van der Waals surface area contributed by atoms with Gasteiger partial charge >= 0.3 is 0 Å². The van der Waals surface area contributed by atoms with Crippen LogP contribution in [0.25, 0.3) is 5.69 Å². The molecule has 6 nitrogen and oxygen atoms in total. The Morgan fingerprint density at radius 2 is 2.00 bits per heavy atom. The first-order valence-electron chi connectivity index (χ1n) is 6.10. The lowest BCUT2D eigenvalue weighted by molar-refractivity contribution is 0.600. The van der Waals surface area contributed by atoms with E-state index in [1.807, 2.05) is 30.3 Å². The monoisotopic (exact) mass is 320 g/mol. The number of nitrogens with zero attached hydrogens (tertiary/aromatic N) is 3. The smallest absolute Gasteiger partial charge is 0.255 e. The van der Waals surface area contributed by atoms with Gasteiger partial charge in [-0.15, -0.1) is 11.3 Å². The third kappa shape index (κ3) is 2.81. The number of hydrogen-bond donors (Lipinski definition) is 1. The van der Waals surface area contributed by atoms with Gasteiger partial charge < -0.3 is 0 Å². The molecule has 3 rings (SSSR count). The van der Waals surface area contributed by atoms with Crippen LogP contribution in [0.2, 0.25) is 0 Å². The number of aromatic nitrogens is 3. The van der Waals surface area contributed by atoms with Crippen LogP contribution in [0.5, 0.6) is 0 Å². The highest BCUT2D eigenvalue weighted by molar-refractivity contribution is 7.93. The summed E-state index contributed by atoms with van der Waals surface area (Å²) >= 11 is 1.22. The van der Waals surface area contributed by atoms with E-state index in [0.717, 1.165) is 5.69 Å². The maximum absolute atomic E-state index is 12.4. The summed E-state index contributed by atoms with van der Waals surface area (Å²) in [6.07, 6.45) is 3.05. The lowest BCUT2D eigenvalue weighted by atomic mass is 10.3. The van der Waals surface area contributed by atoms with E-state index in [4.69, 9.17) is 0 Å². The van der Waals surface area contributed by atoms with Gasteiger partial charge in [0.15, 0.2) is 5.13 Å². The number of hydrogen-bond acceptors (Lipinski definition) is 5. The highest BCUT2D eigenvalue weighted by Gasteiger charge is 2.21. The minimum atomic E-state index is -3.69. The van der Waals surface area contributed by atoms with Gasteiger partial charge in [0, 0.05) is 11.6 Å². The first kappa shape index (κ1) is 13.8. The molecule has 1 N–H and O–H groups in total. The van der Waals surface area contributed by atoms with Gasteiger partial charge in [0.05, 0.1) is 17.6 Å². The van der Waals surface area contributed by atoms with Crippen molar-refractivity contribution in [1.29, 1.82) is 0 Å². The molecule has 0 saturated heterocycles. The molecule has 0 aliphatic heterocycles. The predicted octanol–water partition coefficient (Wildman–Crippen LogP) is 2.44. The Bertz CT molecular complexity index is 840. The topological polar surface area (TPSA) is 76.9 Å². The summed E-state index contributed by atoms with van der Waals surface area (Å²) in [4.78, 5) is 4.06. The Kier molecular flexibility index (Phi) is 3.48. The molecule has 0 unspecified atom stereocenters. The minimum Gasteiger partial charge on any atom is -0.255 e. The Labute approximate surface area is 126 Å². The second-order valence-corrected chi connectivity index (χ2v) is 6.85. The molecule has 0 saturated carbocycles. The van der Waals surface area contributed by atoms with Crippen molar-refractivity contribution in [1.82, 2.24) is 14.8 Å². The van der Waals surface area contributed by atoms with E-state index in [1.54, 1.807) is 23.2 Å². The van der Waals surface area contributed by atoms with Crippen molar-refractivity contribution in [2.45, 2.75) is 11.8 Å². The highest BCUT2D eigenvalue weighted by atomic mass is 32.2. The van der Waals surface area contributed by atoms with Crippen molar-refractivity contribution in [3.63, 3.8) is 0 Å². The van der Waals surface area contributed by atoms with Crippen molar-refractivity contribution in [3.05, 3.63) is 53.8 Å². The van der Waals surface area contributed by atoms with Gasteiger partial charge in [0.25, 0.3) is 10.0 Å².